The molecule has 2 saturated heterocycles. The summed E-state index contributed by atoms with van der Waals surface area (Å²) in [5.74, 6) is 0.511. The number of rotatable bonds is 3. The van der Waals surface area contributed by atoms with Gasteiger partial charge in [0, 0.05) is 25.7 Å². The fraction of sp³-hybridized carbons (Fsp3) is 0.882. The lowest BCUT2D eigenvalue weighted by molar-refractivity contribution is -0.140. The molecule has 1 saturated carbocycles. The number of hydrazine groups is 1. The van der Waals surface area contributed by atoms with E-state index in [9.17, 15) is 14.0 Å². The summed E-state index contributed by atoms with van der Waals surface area (Å²) in [7, 11) is 0. The van der Waals surface area contributed by atoms with E-state index in [-0.39, 0.29) is 30.4 Å². The molecule has 2 amide bonds. The molecule has 0 bridgehead atoms. The van der Waals surface area contributed by atoms with Crippen LogP contribution < -0.4 is 10.9 Å². The highest BCUT2D eigenvalue weighted by atomic mass is 35.5. The molecule has 0 aromatic carbocycles. The van der Waals surface area contributed by atoms with Crippen LogP contribution in [0.25, 0.3) is 0 Å². The average Bonchev–Trinajstić information content (AvgIpc) is 2.56. The molecule has 0 radical (unpaired) electrons. The third-order valence-corrected chi connectivity index (χ3v) is 6.45. The zero-order chi connectivity index (χ0) is 18.1. The summed E-state index contributed by atoms with van der Waals surface area (Å²) in [4.78, 5) is 28.4. The molecule has 2 aliphatic heterocycles. The first-order valence-corrected chi connectivity index (χ1v) is 9.65. The quantitative estimate of drug-likeness (QED) is 0.720. The van der Waals surface area contributed by atoms with Gasteiger partial charge in [0.2, 0.25) is 5.91 Å². The maximum Gasteiger partial charge on any atom is 0.253 e. The van der Waals surface area contributed by atoms with E-state index in [2.05, 4.69) is 17.8 Å². The van der Waals surface area contributed by atoms with E-state index in [0.29, 0.717) is 44.3 Å². The fourth-order valence-electron chi connectivity index (χ4n) is 4.37. The predicted octanol–water partition coefficient (Wildman–Crippen LogP) is 0.904. The van der Waals surface area contributed by atoms with Gasteiger partial charge in [0.15, 0.2) is 0 Å². The number of nitrogens with one attached hydrogen (secondary N) is 2. The van der Waals surface area contributed by atoms with Crippen LogP contribution in [0.1, 0.15) is 33.1 Å². The van der Waals surface area contributed by atoms with Gasteiger partial charge in [0.05, 0.1) is 12.6 Å². The van der Waals surface area contributed by atoms with E-state index < -0.39 is 11.5 Å². The van der Waals surface area contributed by atoms with Crippen LogP contribution in [0.2, 0.25) is 0 Å². The van der Waals surface area contributed by atoms with Crippen LogP contribution in [0.5, 0.6) is 0 Å². The van der Waals surface area contributed by atoms with Gasteiger partial charge in [-0.05, 0) is 38.0 Å². The standard InChI is InChI=1S/C17H28ClFN4O2/c1-10-7-13(19)4-3-12(10)8-22-5-6-23(9-14(22)24)16-11(2)20-21-17(25)15(16)18/h10-13,15-16,20H,3-9H2,1-2H3,(H,21,25). The van der Waals surface area contributed by atoms with Gasteiger partial charge in [-0.1, -0.05) is 6.92 Å². The maximum atomic E-state index is 13.5. The molecule has 6 atom stereocenters. The first-order valence-electron chi connectivity index (χ1n) is 9.22. The van der Waals surface area contributed by atoms with Gasteiger partial charge in [-0.3, -0.25) is 19.9 Å². The first-order chi connectivity index (χ1) is 11.9. The van der Waals surface area contributed by atoms with Crippen molar-refractivity contribution in [2.24, 2.45) is 11.8 Å². The van der Waals surface area contributed by atoms with Crippen LogP contribution in [0.15, 0.2) is 0 Å². The Kier molecular flexibility index (Phi) is 5.85. The molecule has 6 nitrogen and oxygen atoms in total. The number of hydrogen-bond acceptors (Lipinski definition) is 4. The molecule has 142 valence electrons. The number of hydrogen-bond donors (Lipinski definition) is 2. The summed E-state index contributed by atoms with van der Waals surface area (Å²) < 4.78 is 13.5. The number of halogens is 2. The SMILES string of the molecule is CC1CC(F)CCC1CN1CCN(C2C(C)NNC(=O)C2Cl)CC1=O. The lowest BCUT2D eigenvalue weighted by Gasteiger charge is -2.45. The second-order valence-corrected chi connectivity index (χ2v) is 8.24. The van der Waals surface area contributed by atoms with Crippen molar-refractivity contribution in [3.8, 4) is 0 Å². The zero-order valence-electron chi connectivity index (χ0n) is 14.9. The summed E-state index contributed by atoms with van der Waals surface area (Å²) >= 11 is 6.28. The molecule has 8 heteroatoms. The topological polar surface area (TPSA) is 64.7 Å². The molecule has 3 fully saturated rings. The van der Waals surface area contributed by atoms with E-state index in [1.165, 1.54) is 0 Å². The third kappa shape index (κ3) is 4.09. The van der Waals surface area contributed by atoms with Crippen molar-refractivity contribution in [1.82, 2.24) is 20.7 Å². The Morgan fingerprint density at radius 2 is 2.00 bits per heavy atom. The highest BCUT2D eigenvalue weighted by Crippen LogP contribution is 2.32. The molecular formula is C17H28ClFN4O2. The molecule has 0 spiro atoms. The van der Waals surface area contributed by atoms with Crippen molar-refractivity contribution in [3.05, 3.63) is 0 Å². The van der Waals surface area contributed by atoms with Crippen molar-refractivity contribution in [3.63, 3.8) is 0 Å². The van der Waals surface area contributed by atoms with Gasteiger partial charge in [0.25, 0.3) is 5.91 Å². The van der Waals surface area contributed by atoms with Gasteiger partial charge >= 0.3 is 0 Å². The molecule has 6 unspecified atom stereocenters. The van der Waals surface area contributed by atoms with E-state index in [1.807, 2.05) is 16.7 Å². The number of nitrogens with zero attached hydrogens (tertiary/aromatic N) is 2. The van der Waals surface area contributed by atoms with Crippen molar-refractivity contribution < 1.29 is 14.0 Å². The maximum absolute atomic E-state index is 13.5. The Labute approximate surface area is 153 Å². The number of piperazine rings is 1. The van der Waals surface area contributed by atoms with Crippen LogP contribution in [0.4, 0.5) is 4.39 Å². The largest absolute Gasteiger partial charge is 0.340 e. The van der Waals surface area contributed by atoms with Gasteiger partial charge in [-0.15, -0.1) is 11.6 Å². The minimum absolute atomic E-state index is 0.0283. The van der Waals surface area contributed by atoms with Crippen molar-refractivity contribution in [2.75, 3.05) is 26.2 Å². The van der Waals surface area contributed by atoms with E-state index >= 15 is 0 Å². The number of carbonyl (C=O) groups excluding carboxylic acids is 2. The second kappa shape index (κ2) is 7.76. The van der Waals surface area contributed by atoms with Crippen molar-refractivity contribution in [1.29, 1.82) is 0 Å². The van der Waals surface area contributed by atoms with Gasteiger partial charge in [-0.2, -0.15) is 0 Å². The van der Waals surface area contributed by atoms with Crippen molar-refractivity contribution >= 4 is 23.4 Å². The monoisotopic (exact) mass is 374 g/mol. The third-order valence-electron chi connectivity index (χ3n) is 5.99. The molecule has 3 aliphatic rings. The molecule has 25 heavy (non-hydrogen) atoms. The minimum Gasteiger partial charge on any atom is -0.340 e. The normalized spacial score (nSPS) is 40.9. The number of amides is 2. The highest BCUT2D eigenvalue weighted by molar-refractivity contribution is 6.31. The van der Waals surface area contributed by atoms with Crippen LogP contribution >= 0.6 is 11.6 Å². The van der Waals surface area contributed by atoms with E-state index in [0.717, 1.165) is 6.42 Å². The smallest absolute Gasteiger partial charge is 0.253 e. The number of alkyl halides is 2. The Bertz CT molecular complexity index is 523. The fourth-order valence-corrected chi connectivity index (χ4v) is 4.80. The average molecular weight is 375 g/mol. The zero-order valence-corrected chi connectivity index (χ0v) is 15.6. The van der Waals surface area contributed by atoms with Crippen molar-refractivity contribution in [2.45, 2.75) is 56.7 Å². The van der Waals surface area contributed by atoms with Gasteiger partial charge in [0.1, 0.15) is 11.5 Å². The summed E-state index contributed by atoms with van der Waals surface area (Å²) in [5.41, 5.74) is 5.48. The molecule has 3 rings (SSSR count). The first kappa shape index (κ1) is 18.9. The molecule has 1 aliphatic carbocycles. The van der Waals surface area contributed by atoms with Gasteiger partial charge < -0.3 is 4.90 Å². The molecule has 2 N–H and O–H groups in total. The van der Waals surface area contributed by atoms with Crippen LogP contribution in [0, 0.1) is 11.8 Å². The Balaban J connectivity index is 1.57. The van der Waals surface area contributed by atoms with Crippen LogP contribution in [-0.4, -0.2) is 71.4 Å². The van der Waals surface area contributed by atoms with Crippen LogP contribution in [-0.2, 0) is 9.59 Å². The molecule has 0 aromatic heterocycles. The summed E-state index contributed by atoms with van der Waals surface area (Å²) in [5, 5.41) is -0.671. The van der Waals surface area contributed by atoms with Crippen LogP contribution in [0.3, 0.4) is 0 Å². The van der Waals surface area contributed by atoms with E-state index in [4.69, 9.17) is 11.6 Å². The highest BCUT2D eigenvalue weighted by Gasteiger charge is 2.42. The summed E-state index contributed by atoms with van der Waals surface area (Å²) in [6.45, 7) is 6.36. The Morgan fingerprint density at radius 3 is 2.68 bits per heavy atom. The van der Waals surface area contributed by atoms with Gasteiger partial charge in [-0.25, -0.2) is 9.82 Å². The summed E-state index contributed by atoms with van der Waals surface area (Å²) in [6.07, 6.45) is 1.37. The minimum atomic E-state index is -0.689. The Hall–Kier alpha value is -0.920. The number of carbonyl (C=O) groups is 2. The second-order valence-electron chi connectivity index (χ2n) is 7.77. The van der Waals surface area contributed by atoms with E-state index in [1.54, 1.807) is 0 Å². The molecule has 0 aromatic rings. The Morgan fingerprint density at radius 1 is 1.24 bits per heavy atom. The predicted molar refractivity (Wildman–Crippen MR) is 93.7 cm³/mol. The molecular weight excluding hydrogens is 347 g/mol. The summed E-state index contributed by atoms with van der Waals surface area (Å²) in [6, 6.07) is -0.234. The molecule has 2 heterocycles. The lowest BCUT2D eigenvalue weighted by atomic mass is 9.79. The lowest BCUT2D eigenvalue weighted by Crippen LogP contribution is -2.69.